The molecule has 3 heterocycles. The summed E-state index contributed by atoms with van der Waals surface area (Å²) in [5.74, 6) is -0.125. The van der Waals surface area contributed by atoms with Gasteiger partial charge < -0.3 is 9.30 Å². The first-order valence-electron chi connectivity index (χ1n) is 11.8. The maximum atomic E-state index is 13.6. The summed E-state index contributed by atoms with van der Waals surface area (Å²) < 4.78 is 9.97. The van der Waals surface area contributed by atoms with Gasteiger partial charge in [0.05, 0.1) is 31.2 Å². The molecule has 0 radical (unpaired) electrons. The van der Waals surface area contributed by atoms with Gasteiger partial charge >= 0.3 is 5.69 Å². The minimum absolute atomic E-state index is 0.0540. The second kappa shape index (κ2) is 9.11. The van der Waals surface area contributed by atoms with Gasteiger partial charge in [-0.05, 0) is 50.8 Å². The second-order valence-corrected chi connectivity index (χ2v) is 9.24. The molecule has 8 nitrogen and oxygen atoms in total. The molecule has 0 bridgehead atoms. The minimum atomic E-state index is -0.462. The molecule has 0 spiro atoms. The summed E-state index contributed by atoms with van der Waals surface area (Å²) in [6, 6.07) is 13.1. The third-order valence-electron chi connectivity index (χ3n) is 6.66. The number of aryl methyl sites for hydroxylation is 3. The largest absolute Gasteiger partial charge is 0.376 e. The van der Waals surface area contributed by atoms with Crippen molar-refractivity contribution >= 4 is 16.9 Å². The van der Waals surface area contributed by atoms with Crippen molar-refractivity contribution in [3.63, 3.8) is 0 Å². The van der Waals surface area contributed by atoms with Crippen molar-refractivity contribution in [3.05, 3.63) is 91.9 Å². The number of nitrogens with zero attached hydrogens (tertiary/aromatic N) is 4. The third-order valence-corrected chi connectivity index (χ3v) is 6.66. The molecule has 5 rings (SSSR count). The van der Waals surface area contributed by atoms with Crippen LogP contribution in [0.25, 0.3) is 16.9 Å². The molecule has 2 aromatic carbocycles. The standard InChI is InChI=1S/C27H28N4O4/c1-17-10-11-21(19(3)13-17)23(32)15-29-16-28-25-24(29)26(33)30(14-20-8-6-12-35-20)27(34)31(25)22-9-5-4-7-18(22)2/h4-5,7,9-11,13,16,20H,6,8,12,14-15H2,1-3H3. The lowest BCUT2D eigenvalue weighted by Crippen LogP contribution is -2.42. The highest BCUT2D eigenvalue weighted by Gasteiger charge is 2.24. The van der Waals surface area contributed by atoms with Crippen LogP contribution in [0.1, 0.15) is 39.9 Å². The molecule has 1 aliphatic heterocycles. The molecule has 1 atom stereocenters. The van der Waals surface area contributed by atoms with Crippen LogP contribution >= 0.6 is 0 Å². The fraction of sp³-hybridized carbons (Fsp3) is 0.333. The average Bonchev–Trinajstić information content (AvgIpc) is 3.48. The zero-order valence-corrected chi connectivity index (χ0v) is 20.2. The van der Waals surface area contributed by atoms with Crippen molar-refractivity contribution in [2.24, 2.45) is 0 Å². The number of hydrogen-bond acceptors (Lipinski definition) is 5. The van der Waals surface area contributed by atoms with Crippen LogP contribution in [0.3, 0.4) is 0 Å². The number of imidazole rings is 1. The zero-order valence-electron chi connectivity index (χ0n) is 20.2. The molecule has 35 heavy (non-hydrogen) atoms. The summed E-state index contributed by atoms with van der Waals surface area (Å²) in [7, 11) is 0. The van der Waals surface area contributed by atoms with Crippen LogP contribution in [0.2, 0.25) is 0 Å². The normalized spacial score (nSPS) is 15.7. The Morgan fingerprint density at radius 3 is 2.60 bits per heavy atom. The highest BCUT2D eigenvalue weighted by Crippen LogP contribution is 2.19. The fourth-order valence-electron chi connectivity index (χ4n) is 4.85. The maximum absolute atomic E-state index is 13.6. The van der Waals surface area contributed by atoms with Gasteiger partial charge in [-0.1, -0.05) is 42.0 Å². The smallest absolute Gasteiger partial charge is 0.337 e. The zero-order chi connectivity index (χ0) is 24.7. The Morgan fingerprint density at radius 1 is 1.09 bits per heavy atom. The Kier molecular flexibility index (Phi) is 5.98. The van der Waals surface area contributed by atoms with E-state index in [0.29, 0.717) is 17.9 Å². The van der Waals surface area contributed by atoms with Gasteiger partial charge in [0.25, 0.3) is 5.56 Å². The maximum Gasteiger partial charge on any atom is 0.337 e. The molecule has 0 N–H and O–H groups in total. The molecule has 1 aliphatic rings. The van der Waals surface area contributed by atoms with Gasteiger partial charge in [0.2, 0.25) is 0 Å². The van der Waals surface area contributed by atoms with Crippen molar-refractivity contribution < 1.29 is 9.53 Å². The molecule has 0 aliphatic carbocycles. The first-order chi connectivity index (χ1) is 16.8. The van der Waals surface area contributed by atoms with Gasteiger partial charge in [-0.25, -0.2) is 14.3 Å². The van der Waals surface area contributed by atoms with E-state index in [2.05, 4.69) is 4.98 Å². The van der Waals surface area contributed by atoms with Crippen molar-refractivity contribution in [2.45, 2.75) is 52.8 Å². The molecular weight excluding hydrogens is 444 g/mol. The van der Waals surface area contributed by atoms with Crippen LogP contribution in [0, 0.1) is 20.8 Å². The van der Waals surface area contributed by atoms with E-state index in [-0.39, 0.29) is 36.1 Å². The Balaban J connectivity index is 1.69. The van der Waals surface area contributed by atoms with Gasteiger partial charge in [-0.2, -0.15) is 0 Å². The highest BCUT2D eigenvalue weighted by molar-refractivity contribution is 5.98. The van der Waals surface area contributed by atoms with E-state index in [1.807, 2.05) is 63.2 Å². The number of ketones is 1. The van der Waals surface area contributed by atoms with Gasteiger partial charge in [-0.15, -0.1) is 0 Å². The van der Waals surface area contributed by atoms with E-state index in [0.717, 1.165) is 29.5 Å². The molecule has 1 saturated heterocycles. The predicted molar refractivity (Wildman–Crippen MR) is 134 cm³/mol. The number of para-hydroxylation sites is 1. The van der Waals surface area contributed by atoms with E-state index >= 15 is 0 Å². The summed E-state index contributed by atoms with van der Waals surface area (Å²) in [5, 5.41) is 0. The predicted octanol–water partition coefficient (Wildman–Crippen LogP) is 3.34. The van der Waals surface area contributed by atoms with Crippen LogP contribution in [0.5, 0.6) is 0 Å². The Labute approximate surface area is 202 Å². The van der Waals surface area contributed by atoms with Crippen LogP contribution in [-0.2, 0) is 17.8 Å². The van der Waals surface area contributed by atoms with Crippen LogP contribution in [0.4, 0.5) is 0 Å². The van der Waals surface area contributed by atoms with Crippen LogP contribution in [-0.4, -0.2) is 37.2 Å². The Bertz CT molecular complexity index is 1550. The number of fused-ring (bicyclic) bond motifs is 1. The molecule has 180 valence electrons. The SMILES string of the molecule is Cc1ccc(C(=O)Cn2cnc3c2c(=O)n(CC2CCCO2)c(=O)n3-c2ccccc2C)c(C)c1. The van der Waals surface area contributed by atoms with Crippen molar-refractivity contribution in [1.82, 2.24) is 18.7 Å². The Hall–Kier alpha value is -3.78. The van der Waals surface area contributed by atoms with Gasteiger partial charge in [-0.3, -0.25) is 14.2 Å². The molecule has 1 fully saturated rings. The van der Waals surface area contributed by atoms with Gasteiger partial charge in [0.15, 0.2) is 16.9 Å². The first-order valence-corrected chi connectivity index (χ1v) is 11.8. The summed E-state index contributed by atoms with van der Waals surface area (Å²) in [6.45, 7) is 6.51. The monoisotopic (exact) mass is 472 g/mol. The molecule has 0 saturated carbocycles. The lowest BCUT2D eigenvalue weighted by atomic mass is 10.0. The third kappa shape index (κ3) is 4.14. The second-order valence-electron chi connectivity index (χ2n) is 9.24. The minimum Gasteiger partial charge on any atom is -0.376 e. The lowest BCUT2D eigenvalue weighted by Gasteiger charge is -2.16. The van der Waals surface area contributed by atoms with Crippen molar-refractivity contribution in [1.29, 1.82) is 0 Å². The molecular formula is C27H28N4O4. The van der Waals surface area contributed by atoms with E-state index in [4.69, 9.17) is 4.74 Å². The number of Topliss-reactive ketones (excluding diaryl/α,β-unsaturated/α-hetero) is 1. The summed E-state index contributed by atoms with van der Waals surface area (Å²) >= 11 is 0. The first kappa shape index (κ1) is 23.0. The quantitative estimate of drug-likeness (QED) is 0.402. The number of benzene rings is 2. The van der Waals surface area contributed by atoms with E-state index in [1.165, 1.54) is 15.5 Å². The van der Waals surface area contributed by atoms with E-state index < -0.39 is 11.2 Å². The number of hydrogen-bond donors (Lipinski definition) is 0. The van der Waals surface area contributed by atoms with Crippen LogP contribution in [0.15, 0.2) is 58.4 Å². The molecule has 1 unspecified atom stereocenters. The lowest BCUT2D eigenvalue weighted by molar-refractivity contribution is 0.0947. The van der Waals surface area contributed by atoms with Crippen LogP contribution < -0.4 is 11.2 Å². The van der Waals surface area contributed by atoms with Gasteiger partial charge in [0, 0.05) is 12.2 Å². The van der Waals surface area contributed by atoms with Gasteiger partial charge in [0.1, 0.15) is 0 Å². The fourth-order valence-corrected chi connectivity index (χ4v) is 4.85. The van der Waals surface area contributed by atoms with Crippen molar-refractivity contribution in [3.8, 4) is 5.69 Å². The topological polar surface area (TPSA) is 88.1 Å². The van der Waals surface area contributed by atoms with Crippen molar-refractivity contribution in [2.75, 3.05) is 6.61 Å². The number of carbonyl (C=O) groups excluding carboxylic acids is 1. The molecule has 0 amide bonds. The Morgan fingerprint density at radius 2 is 1.89 bits per heavy atom. The number of carbonyl (C=O) groups is 1. The summed E-state index contributed by atoms with van der Waals surface area (Å²) in [5.41, 5.74) is 3.63. The number of aromatic nitrogens is 4. The number of rotatable bonds is 6. The molecule has 2 aromatic heterocycles. The number of ether oxygens (including phenoxy) is 1. The summed E-state index contributed by atoms with van der Waals surface area (Å²) in [4.78, 5) is 44.9. The summed E-state index contributed by atoms with van der Waals surface area (Å²) in [6.07, 6.45) is 2.96. The van der Waals surface area contributed by atoms with E-state index in [1.54, 1.807) is 4.57 Å². The highest BCUT2D eigenvalue weighted by atomic mass is 16.5. The average molecular weight is 473 g/mol. The van der Waals surface area contributed by atoms with E-state index in [9.17, 15) is 14.4 Å². The molecule has 8 heteroatoms. The molecule has 4 aromatic rings.